The maximum atomic E-state index is 12.7. The monoisotopic (exact) mass is 421 g/mol. The van der Waals surface area contributed by atoms with Crippen LogP contribution in [0.5, 0.6) is 0 Å². The highest BCUT2D eigenvalue weighted by Gasteiger charge is 2.37. The van der Waals surface area contributed by atoms with Gasteiger partial charge in [-0.1, -0.05) is 42.7 Å². The summed E-state index contributed by atoms with van der Waals surface area (Å²) >= 11 is 0. The van der Waals surface area contributed by atoms with E-state index < -0.39 is 0 Å². The number of piperazine rings is 1. The van der Waals surface area contributed by atoms with E-state index in [0.29, 0.717) is 24.9 Å². The Bertz CT molecular complexity index is 999. The molecule has 2 aliphatic rings. The Morgan fingerprint density at radius 2 is 1.87 bits per heavy atom. The summed E-state index contributed by atoms with van der Waals surface area (Å²) in [6.45, 7) is 5.14. The van der Waals surface area contributed by atoms with E-state index in [-0.39, 0.29) is 11.9 Å². The Labute approximate surface area is 181 Å². The van der Waals surface area contributed by atoms with Crippen LogP contribution in [0.1, 0.15) is 65.3 Å². The molecule has 1 saturated carbocycles. The van der Waals surface area contributed by atoms with E-state index in [1.54, 1.807) is 18.4 Å². The molecule has 8 heteroatoms. The van der Waals surface area contributed by atoms with Gasteiger partial charge in [0.05, 0.1) is 38.5 Å². The summed E-state index contributed by atoms with van der Waals surface area (Å²) in [4.78, 5) is 16.0. The first-order chi connectivity index (χ1) is 15.2. The Balaban J connectivity index is 1.40. The Hall–Kier alpha value is -3.00. The van der Waals surface area contributed by atoms with Crippen molar-refractivity contribution in [1.82, 2.24) is 25.1 Å². The number of carbonyl (C=O) groups is 1. The molecule has 0 bridgehead atoms. The first-order valence-electron chi connectivity index (χ1n) is 11.2. The third-order valence-corrected chi connectivity index (χ3v) is 6.69. The van der Waals surface area contributed by atoms with E-state index >= 15 is 0 Å². The minimum Gasteiger partial charge on any atom is -0.459 e. The third-order valence-electron chi connectivity index (χ3n) is 6.69. The van der Waals surface area contributed by atoms with Gasteiger partial charge in [0.1, 0.15) is 0 Å². The molecule has 0 radical (unpaired) electrons. The van der Waals surface area contributed by atoms with Crippen molar-refractivity contribution in [3.63, 3.8) is 0 Å². The number of rotatable bonds is 5. The van der Waals surface area contributed by atoms with Crippen LogP contribution in [0, 0.1) is 6.92 Å². The summed E-state index contributed by atoms with van der Waals surface area (Å²) in [5.41, 5.74) is 2.46. The SMILES string of the molecule is Cc1ccc([C@@H](c2nnnn2C2CCCC2)[NH+]2CCN(C(=O)c3ccco3)CC2)cc1. The third kappa shape index (κ3) is 3.99. The molecule has 2 aromatic heterocycles. The normalized spacial score (nSPS) is 19.1. The van der Waals surface area contributed by atoms with E-state index in [4.69, 9.17) is 4.42 Å². The Morgan fingerprint density at radius 1 is 1.13 bits per heavy atom. The molecule has 1 aliphatic carbocycles. The number of carbonyl (C=O) groups excluding carboxylic acids is 1. The maximum Gasteiger partial charge on any atom is 0.289 e. The number of amides is 1. The number of nitrogens with zero attached hydrogens (tertiary/aromatic N) is 5. The van der Waals surface area contributed by atoms with Gasteiger partial charge in [-0.05, 0) is 42.3 Å². The number of hydrogen-bond acceptors (Lipinski definition) is 5. The molecule has 1 saturated heterocycles. The van der Waals surface area contributed by atoms with Gasteiger partial charge in [-0.2, -0.15) is 0 Å². The molecule has 8 nitrogen and oxygen atoms in total. The van der Waals surface area contributed by atoms with Gasteiger partial charge >= 0.3 is 0 Å². The summed E-state index contributed by atoms with van der Waals surface area (Å²) in [6, 6.07) is 12.6. The van der Waals surface area contributed by atoms with E-state index in [0.717, 1.165) is 31.8 Å². The first kappa shape index (κ1) is 19.9. The molecule has 1 N–H and O–H groups in total. The summed E-state index contributed by atoms with van der Waals surface area (Å²) in [7, 11) is 0. The lowest BCUT2D eigenvalue weighted by molar-refractivity contribution is -0.930. The highest BCUT2D eigenvalue weighted by Crippen LogP contribution is 2.31. The molecule has 1 aromatic carbocycles. The lowest BCUT2D eigenvalue weighted by atomic mass is 10.0. The summed E-state index contributed by atoms with van der Waals surface area (Å²) in [6.07, 6.45) is 6.29. The van der Waals surface area contributed by atoms with E-state index in [2.05, 4.69) is 51.4 Å². The molecule has 1 aliphatic heterocycles. The van der Waals surface area contributed by atoms with Gasteiger partial charge in [0, 0.05) is 5.56 Å². The van der Waals surface area contributed by atoms with Crippen LogP contribution in [0.15, 0.2) is 47.1 Å². The van der Waals surface area contributed by atoms with Crippen LogP contribution in [0.25, 0.3) is 0 Å². The number of aryl methyl sites for hydroxylation is 1. The van der Waals surface area contributed by atoms with Gasteiger partial charge in [-0.3, -0.25) is 4.79 Å². The summed E-state index contributed by atoms with van der Waals surface area (Å²) in [5, 5.41) is 13.0. The topological polar surface area (TPSA) is 81.5 Å². The second-order valence-electron chi connectivity index (χ2n) is 8.69. The average Bonchev–Trinajstić information content (AvgIpc) is 3.57. The summed E-state index contributed by atoms with van der Waals surface area (Å²) < 4.78 is 7.38. The lowest BCUT2D eigenvalue weighted by Gasteiger charge is -2.36. The van der Waals surface area contributed by atoms with Crippen LogP contribution in [0.4, 0.5) is 0 Å². The zero-order valence-corrected chi connectivity index (χ0v) is 17.9. The predicted molar refractivity (Wildman–Crippen MR) is 114 cm³/mol. The van der Waals surface area contributed by atoms with Crippen LogP contribution in [0.2, 0.25) is 0 Å². The molecular formula is C23H29N6O2+. The minimum absolute atomic E-state index is 0.0354. The quantitative estimate of drug-likeness (QED) is 0.680. The number of benzene rings is 1. The second-order valence-corrected chi connectivity index (χ2v) is 8.69. The zero-order valence-electron chi connectivity index (χ0n) is 17.9. The van der Waals surface area contributed by atoms with Crippen molar-refractivity contribution in [2.24, 2.45) is 0 Å². The number of aromatic nitrogens is 4. The van der Waals surface area contributed by atoms with E-state index in [1.165, 1.54) is 28.9 Å². The van der Waals surface area contributed by atoms with Crippen LogP contribution in [0.3, 0.4) is 0 Å². The highest BCUT2D eigenvalue weighted by molar-refractivity contribution is 5.91. The van der Waals surface area contributed by atoms with Crippen molar-refractivity contribution < 1.29 is 14.1 Å². The van der Waals surface area contributed by atoms with Crippen molar-refractivity contribution in [3.8, 4) is 0 Å². The van der Waals surface area contributed by atoms with Crippen LogP contribution in [-0.4, -0.2) is 57.2 Å². The van der Waals surface area contributed by atoms with E-state index in [9.17, 15) is 4.79 Å². The molecule has 3 heterocycles. The predicted octanol–water partition coefficient (Wildman–Crippen LogP) is 1.82. The van der Waals surface area contributed by atoms with Crippen molar-refractivity contribution in [2.75, 3.05) is 26.2 Å². The molecule has 0 unspecified atom stereocenters. The number of nitrogens with one attached hydrogen (secondary N) is 1. The number of quaternary nitrogens is 1. The number of tetrazole rings is 1. The van der Waals surface area contributed by atoms with Gasteiger partial charge in [0.15, 0.2) is 11.8 Å². The smallest absolute Gasteiger partial charge is 0.289 e. The van der Waals surface area contributed by atoms with Gasteiger partial charge in [-0.15, -0.1) is 5.10 Å². The number of hydrogen-bond donors (Lipinski definition) is 1. The van der Waals surface area contributed by atoms with Crippen molar-refractivity contribution in [2.45, 2.75) is 44.7 Å². The second kappa shape index (κ2) is 8.63. The molecule has 5 rings (SSSR count). The van der Waals surface area contributed by atoms with Gasteiger partial charge < -0.3 is 14.2 Å². The summed E-state index contributed by atoms with van der Waals surface area (Å²) in [5.74, 6) is 1.31. The fourth-order valence-corrected chi connectivity index (χ4v) is 4.97. The molecule has 1 atom stereocenters. The average molecular weight is 422 g/mol. The van der Waals surface area contributed by atoms with Crippen LogP contribution in [-0.2, 0) is 0 Å². The van der Waals surface area contributed by atoms with E-state index in [1.807, 2.05) is 4.90 Å². The highest BCUT2D eigenvalue weighted by atomic mass is 16.3. The van der Waals surface area contributed by atoms with Crippen molar-refractivity contribution in [3.05, 3.63) is 65.4 Å². The molecule has 3 aromatic rings. The molecule has 0 spiro atoms. The number of furan rings is 1. The Morgan fingerprint density at radius 3 is 2.55 bits per heavy atom. The fourth-order valence-electron chi connectivity index (χ4n) is 4.97. The Kier molecular flexibility index (Phi) is 5.55. The molecular weight excluding hydrogens is 392 g/mol. The van der Waals surface area contributed by atoms with Crippen LogP contribution < -0.4 is 4.90 Å². The van der Waals surface area contributed by atoms with Crippen LogP contribution >= 0.6 is 0 Å². The zero-order chi connectivity index (χ0) is 21.2. The molecule has 1 amide bonds. The first-order valence-corrected chi connectivity index (χ1v) is 11.2. The van der Waals surface area contributed by atoms with Gasteiger partial charge in [0.2, 0.25) is 5.82 Å². The van der Waals surface area contributed by atoms with Crippen molar-refractivity contribution >= 4 is 5.91 Å². The van der Waals surface area contributed by atoms with Crippen molar-refractivity contribution in [1.29, 1.82) is 0 Å². The maximum absolute atomic E-state index is 12.7. The fraction of sp³-hybridized carbons (Fsp3) is 0.478. The standard InChI is InChI=1S/C23H28N6O2/c1-17-8-10-18(11-9-17)21(22-24-25-26-29(22)19-5-2-3-6-19)27-12-14-28(15-13-27)23(30)20-7-4-16-31-20/h4,7-11,16,19,21H,2-3,5-6,12-15H2,1H3/p+1/t21-/m0/s1. The largest absolute Gasteiger partial charge is 0.459 e. The minimum atomic E-state index is -0.0354. The molecule has 2 fully saturated rings. The van der Waals surface area contributed by atoms with Gasteiger partial charge in [-0.25, -0.2) is 4.68 Å². The molecule has 31 heavy (non-hydrogen) atoms. The van der Waals surface area contributed by atoms with Gasteiger partial charge in [0.25, 0.3) is 5.91 Å². The molecule has 162 valence electrons. The lowest BCUT2D eigenvalue weighted by Crippen LogP contribution is -3.15.